The molecule has 0 aromatic carbocycles. The van der Waals surface area contributed by atoms with Gasteiger partial charge in [0, 0.05) is 19.3 Å². The van der Waals surface area contributed by atoms with Gasteiger partial charge in [0.05, 0.1) is 0 Å². The van der Waals surface area contributed by atoms with Gasteiger partial charge in [-0.15, -0.1) is 0 Å². The fourth-order valence-corrected chi connectivity index (χ4v) is 9.56. The standard InChI is InChI=1S/C63H120O6/c1-4-7-10-13-16-19-21-23-24-25-26-27-28-29-30-31-32-33-34-35-36-37-38-39-40-41-43-44-47-50-53-56-62(65)68-59-60(58-67-61(64)55-52-49-46-18-15-12-9-6-3)69-63(66)57-54-51-48-45-42-22-20-17-14-11-8-5-2/h17,20,60H,4-16,18-19,21-59H2,1-3H3/b20-17-. The van der Waals surface area contributed by atoms with E-state index in [-0.39, 0.29) is 31.1 Å². The van der Waals surface area contributed by atoms with Crippen molar-refractivity contribution < 1.29 is 28.6 Å². The molecular weight excluding hydrogens is 853 g/mol. The Labute approximate surface area is 431 Å². The van der Waals surface area contributed by atoms with E-state index in [1.807, 2.05) is 0 Å². The molecule has 69 heavy (non-hydrogen) atoms. The molecule has 0 amide bonds. The van der Waals surface area contributed by atoms with E-state index in [9.17, 15) is 14.4 Å². The number of hydrogen-bond donors (Lipinski definition) is 0. The van der Waals surface area contributed by atoms with E-state index in [4.69, 9.17) is 14.2 Å². The second-order valence-electron chi connectivity index (χ2n) is 21.3. The first-order valence-corrected chi connectivity index (χ1v) is 31.2. The molecule has 0 rings (SSSR count). The van der Waals surface area contributed by atoms with Crippen molar-refractivity contribution in [2.24, 2.45) is 0 Å². The van der Waals surface area contributed by atoms with Crippen molar-refractivity contribution in [1.82, 2.24) is 0 Å². The summed E-state index contributed by atoms with van der Waals surface area (Å²) in [5.41, 5.74) is 0. The third-order valence-electron chi connectivity index (χ3n) is 14.3. The molecule has 0 aliphatic rings. The van der Waals surface area contributed by atoms with Gasteiger partial charge in [-0.1, -0.05) is 303 Å². The Bertz CT molecular complexity index is 1070. The molecule has 1 unspecified atom stereocenters. The van der Waals surface area contributed by atoms with E-state index >= 15 is 0 Å². The molecule has 0 fully saturated rings. The zero-order chi connectivity index (χ0) is 50.0. The van der Waals surface area contributed by atoms with E-state index < -0.39 is 6.10 Å². The second-order valence-corrected chi connectivity index (χ2v) is 21.3. The predicted octanol–water partition coefficient (Wildman–Crippen LogP) is 20.9. The Morgan fingerprint density at radius 1 is 0.275 bits per heavy atom. The van der Waals surface area contributed by atoms with Crippen molar-refractivity contribution >= 4 is 17.9 Å². The monoisotopic (exact) mass is 973 g/mol. The molecule has 0 aliphatic carbocycles. The number of esters is 3. The third-order valence-corrected chi connectivity index (χ3v) is 14.3. The van der Waals surface area contributed by atoms with Crippen molar-refractivity contribution in [2.45, 2.75) is 361 Å². The lowest BCUT2D eigenvalue weighted by Crippen LogP contribution is -2.30. The van der Waals surface area contributed by atoms with Crippen LogP contribution >= 0.6 is 0 Å². The third kappa shape index (κ3) is 56.9. The summed E-state index contributed by atoms with van der Waals surface area (Å²) in [7, 11) is 0. The van der Waals surface area contributed by atoms with Crippen LogP contribution < -0.4 is 0 Å². The Balaban J connectivity index is 3.94. The number of unbranched alkanes of at least 4 members (excludes halogenated alkanes) is 45. The highest BCUT2D eigenvalue weighted by molar-refractivity contribution is 5.71. The molecule has 6 nitrogen and oxygen atoms in total. The summed E-state index contributed by atoms with van der Waals surface area (Å²) < 4.78 is 16.8. The molecule has 0 N–H and O–H groups in total. The van der Waals surface area contributed by atoms with E-state index in [1.54, 1.807) is 0 Å². The van der Waals surface area contributed by atoms with Crippen molar-refractivity contribution in [1.29, 1.82) is 0 Å². The minimum Gasteiger partial charge on any atom is -0.462 e. The molecular formula is C63H120O6. The normalized spacial score (nSPS) is 12.0. The highest BCUT2D eigenvalue weighted by atomic mass is 16.6. The number of allylic oxidation sites excluding steroid dienone is 2. The first kappa shape index (κ1) is 67.1. The molecule has 0 heterocycles. The van der Waals surface area contributed by atoms with Gasteiger partial charge >= 0.3 is 17.9 Å². The summed E-state index contributed by atoms with van der Waals surface area (Å²) in [6, 6.07) is 0. The van der Waals surface area contributed by atoms with Crippen LogP contribution in [0.1, 0.15) is 355 Å². The molecule has 0 aromatic rings. The van der Waals surface area contributed by atoms with Crippen LogP contribution in [0.2, 0.25) is 0 Å². The Hall–Kier alpha value is -1.85. The van der Waals surface area contributed by atoms with Gasteiger partial charge in [-0.2, -0.15) is 0 Å². The quantitative estimate of drug-likeness (QED) is 0.0261. The van der Waals surface area contributed by atoms with Crippen molar-refractivity contribution in [3.63, 3.8) is 0 Å². The Morgan fingerprint density at radius 2 is 0.478 bits per heavy atom. The smallest absolute Gasteiger partial charge is 0.306 e. The maximum Gasteiger partial charge on any atom is 0.306 e. The molecule has 0 saturated heterocycles. The van der Waals surface area contributed by atoms with Crippen LogP contribution in [0.15, 0.2) is 12.2 Å². The predicted molar refractivity (Wildman–Crippen MR) is 298 cm³/mol. The summed E-state index contributed by atoms with van der Waals surface area (Å²) in [6.45, 7) is 6.63. The van der Waals surface area contributed by atoms with Crippen LogP contribution in [-0.4, -0.2) is 37.2 Å². The molecule has 408 valence electrons. The van der Waals surface area contributed by atoms with Gasteiger partial charge < -0.3 is 14.2 Å². The topological polar surface area (TPSA) is 78.9 Å². The average Bonchev–Trinajstić information content (AvgIpc) is 3.35. The van der Waals surface area contributed by atoms with Crippen molar-refractivity contribution in [3.8, 4) is 0 Å². The molecule has 1 atom stereocenters. The molecule has 0 saturated carbocycles. The first-order chi connectivity index (χ1) is 34.0. The van der Waals surface area contributed by atoms with Gasteiger partial charge in [0.25, 0.3) is 0 Å². The van der Waals surface area contributed by atoms with Crippen LogP contribution in [0.3, 0.4) is 0 Å². The summed E-state index contributed by atoms with van der Waals surface area (Å²) >= 11 is 0. The lowest BCUT2D eigenvalue weighted by Gasteiger charge is -2.18. The lowest BCUT2D eigenvalue weighted by atomic mass is 10.0. The molecule has 0 spiro atoms. The molecule has 0 bridgehead atoms. The van der Waals surface area contributed by atoms with Gasteiger partial charge in [-0.3, -0.25) is 14.4 Å². The number of rotatable bonds is 58. The molecule has 0 radical (unpaired) electrons. The zero-order valence-electron chi connectivity index (χ0n) is 46.9. The van der Waals surface area contributed by atoms with Crippen LogP contribution in [0, 0.1) is 0 Å². The minimum atomic E-state index is -0.767. The first-order valence-electron chi connectivity index (χ1n) is 31.2. The van der Waals surface area contributed by atoms with Gasteiger partial charge in [0.15, 0.2) is 6.10 Å². The van der Waals surface area contributed by atoms with Crippen LogP contribution in [0.5, 0.6) is 0 Å². The SMILES string of the molecule is CCCCC/C=C\CCCCCCCC(=O)OC(COC(=O)CCCCCCCCCC)COC(=O)CCCCCCCCCCCCCCCCCCCCCCCCCCCCCCCCC. The van der Waals surface area contributed by atoms with E-state index in [1.165, 1.54) is 250 Å². The molecule has 0 aliphatic heterocycles. The average molecular weight is 974 g/mol. The van der Waals surface area contributed by atoms with E-state index in [0.29, 0.717) is 19.3 Å². The van der Waals surface area contributed by atoms with Gasteiger partial charge in [-0.25, -0.2) is 0 Å². The van der Waals surface area contributed by atoms with Crippen LogP contribution in [0.25, 0.3) is 0 Å². The fraction of sp³-hybridized carbons (Fsp3) is 0.921. The Kier molecular flexibility index (Phi) is 57.1. The maximum absolute atomic E-state index is 12.8. The number of ether oxygens (including phenoxy) is 3. The fourth-order valence-electron chi connectivity index (χ4n) is 9.56. The number of carbonyl (C=O) groups excluding carboxylic acids is 3. The highest BCUT2D eigenvalue weighted by Crippen LogP contribution is 2.18. The maximum atomic E-state index is 12.8. The molecule has 6 heteroatoms. The zero-order valence-corrected chi connectivity index (χ0v) is 46.9. The van der Waals surface area contributed by atoms with Crippen LogP contribution in [-0.2, 0) is 28.6 Å². The summed E-state index contributed by atoms with van der Waals surface area (Å²) in [5, 5.41) is 0. The molecule has 0 aromatic heterocycles. The second kappa shape index (κ2) is 58.7. The lowest BCUT2D eigenvalue weighted by molar-refractivity contribution is -0.167. The summed E-state index contributed by atoms with van der Waals surface area (Å²) in [4.78, 5) is 37.9. The number of carbonyl (C=O) groups is 3. The highest BCUT2D eigenvalue weighted by Gasteiger charge is 2.19. The van der Waals surface area contributed by atoms with Crippen molar-refractivity contribution in [3.05, 3.63) is 12.2 Å². The summed E-state index contributed by atoms with van der Waals surface area (Å²) in [5.74, 6) is -0.862. The Morgan fingerprint density at radius 3 is 0.754 bits per heavy atom. The van der Waals surface area contributed by atoms with Gasteiger partial charge in [0.1, 0.15) is 13.2 Å². The van der Waals surface area contributed by atoms with Gasteiger partial charge in [0.2, 0.25) is 0 Å². The minimum absolute atomic E-state index is 0.0683. The van der Waals surface area contributed by atoms with E-state index in [0.717, 1.165) is 64.2 Å². The van der Waals surface area contributed by atoms with E-state index in [2.05, 4.69) is 32.9 Å². The largest absolute Gasteiger partial charge is 0.462 e. The van der Waals surface area contributed by atoms with Gasteiger partial charge in [-0.05, 0) is 44.9 Å². The van der Waals surface area contributed by atoms with Crippen LogP contribution in [0.4, 0.5) is 0 Å². The number of hydrogen-bond acceptors (Lipinski definition) is 6. The van der Waals surface area contributed by atoms with Crippen molar-refractivity contribution in [2.75, 3.05) is 13.2 Å². The summed E-state index contributed by atoms with van der Waals surface area (Å²) in [6.07, 6.45) is 68.3.